The minimum Gasteiger partial charge on any atom is -0.360 e. The lowest BCUT2D eigenvalue weighted by Gasteiger charge is -2.20. The van der Waals surface area contributed by atoms with Crippen LogP contribution in [0.5, 0.6) is 0 Å². The average Bonchev–Trinajstić information content (AvgIpc) is 3.33. The minimum absolute atomic E-state index is 0.118. The summed E-state index contributed by atoms with van der Waals surface area (Å²) in [5.41, 5.74) is 0.750. The minimum atomic E-state index is -1.95. The van der Waals surface area contributed by atoms with E-state index in [2.05, 4.69) is 19.5 Å². The number of anilines is 1. The maximum absolute atomic E-state index is 12.9. The van der Waals surface area contributed by atoms with Crippen molar-refractivity contribution in [2.24, 2.45) is 5.92 Å². The number of nitrogens with zero attached hydrogens (tertiary/aromatic N) is 2. The third-order valence-electron chi connectivity index (χ3n) is 4.55. The van der Waals surface area contributed by atoms with Crippen LogP contribution in [0.15, 0.2) is 34.9 Å². The number of amides is 1. The summed E-state index contributed by atoms with van der Waals surface area (Å²) in [6.07, 6.45) is 8.58. The van der Waals surface area contributed by atoms with Crippen molar-refractivity contribution in [1.29, 1.82) is 0 Å². The van der Waals surface area contributed by atoms with E-state index >= 15 is 0 Å². The molecule has 0 spiro atoms. The Morgan fingerprint density at radius 3 is 2.70 bits per heavy atom. The third-order valence-corrected chi connectivity index (χ3v) is 6.21. The first-order valence-corrected chi connectivity index (χ1v) is 10.8. The van der Waals surface area contributed by atoms with Crippen molar-refractivity contribution in [3.05, 3.63) is 35.5 Å². The maximum Gasteiger partial charge on any atom is 0.317 e. The van der Waals surface area contributed by atoms with Gasteiger partial charge in [-0.3, -0.25) is 9.59 Å². The Morgan fingerprint density at radius 1 is 1.33 bits per heavy atom. The van der Waals surface area contributed by atoms with Crippen LogP contribution < -0.4 is 5.32 Å². The van der Waals surface area contributed by atoms with Crippen molar-refractivity contribution in [2.45, 2.75) is 50.0 Å². The van der Waals surface area contributed by atoms with Crippen LogP contribution >= 0.6 is 11.3 Å². The molecule has 0 radical (unpaired) electrons. The molecule has 1 amide bonds. The molecule has 2 unspecified atom stereocenters. The van der Waals surface area contributed by atoms with E-state index in [9.17, 15) is 13.8 Å². The molecule has 2 atom stereocenters. The topological polar surface area (TPSA) is 98.2 Å². The van der Waals surface area contributed by atoms with Crippen molar-refractivity contribution in [1.82, 2.24) is 9.97 Å². The molecule has 9 heteroatoms. The molecule has 0 saturated heterocycles. The lowest BCUT2D eigenvalue weighted by molar-refractivity contribution is -0.131. The van der Waals surface area contributed by atoms with Gasteiger partial charge < -0.3 is 9.50 Å². The molecule has 0 aromatic carbocycles. The second-order valence-electron chi connectivity index (χ2n) is 6.50. The van der Waals surface area contributed by atoms with Gasteiger partial charge in [-0.05, 0) is 24.0 Å². The number of pyridine rings is 1. The van der Waals surface area contributed by atoms with Crippen LogP contribution in [0.3, 0.4) is 0 Å². The summed E-state index contributed by atoms with van der Waals surface area (Å²) in [4.78, 5) is 32.0. The molecule has 3 rings (SSSR count). The van der Waals surface area contributed by atoms with Gasteiger partial charge in [0.15, 0.2) is 10.2 Å². The highest BCUT2D eigenvalue weighted by molar-refractivity contribution is 7.80. The van der Waals surface area contributed by atoms with Crippen LogP contribution in [0.25, 0.3) is 0 Å². The SMILES string of the molecule is CC(=O)OS(=O)c1ccc(C(CC2CCCC2)C(=O)Nc2nccs2)cn1. The highest BCUT2D eigenvalue weighted by atomic mass is 32.2. The van der Waals surface area contributed by atoms with E-state index in [1.807, 2.05) is 5.38 Å². The summed E-state index contributed by atoms with van der Waals surface area (Å²) >= 11 is -0.574. The highest BCUT2D eigenvalue weighted by Gasteiger charge is 2.27. The Balaban J connectivity index is 1.77. The quantitative estimate of drug-likeness (QED) is 0.755. The van der Waals surface area contributed by atoms with Crippen LogP contribution in [-0.4, -0.2) is 26.1 Å². The van der Waals surface area contributed by atoms with E-state index in [1.54, 1.807) is 12.3 Å². The normalized spacial score (nSPS) is 16.6. The van der Waals surface area contributed by atoms with Crippen molar-refractivity contribution >= 4 is 39.4 Å². The van der Waals surface area contributed by atoms with Crippen LogP contribution in [-0.2, 0) is 24.9 Å². The highest BCUT2D eigenvalue weighted by Crippen LogP contribution is 2.35. The first-order valence-electron chi connectivity index (χ1n) is 8.80. The van der Waals surface area contributed by atoms with Gasteiger partial charge in [0.1, 0.15) is 0 Å². The summed E-state index contributed by atoms with van der Waals surface area (Å²) in [5.74, 6) is -0.610. The van der Waals surface area contributed by atoms with Gasteiger partial charge >= 0.3 is 5.97 Å². The van der Waals surface area contributed by atoms with Gasteiger partial charge in [-0.25, -0.2) is 14.2 Å². The van der Waals surface area contributed by atoms with E-state index < -0.39 is 17.0 Å². The van der Waals surface area contributed by atoms with Crippen molar-refractivity contribution in [3.8, 4) is 0 Å². The fraction of sp³-hybridized carbons (Fsp3) is 0.444. The van der Waals surface area contributed by atoms with Crippen molar-refractivity contribution in [2.75, 3.05) is 5.32 Å². The molecule has 1 fully saturated rings. The zero-order valence-electron chi connectivity index (χ0n) is 14.9. The molecule has 1 saturated carbocycles. The lowest BCUT2D eigenvalue weighted by atomic mass is 9.88. The van der Waals surface area contributed by atoms with Gasteiger partial charge in [0, 0.05) is 24.7 Å². The second-order valence-corrected chi connectivity index (χ2v) is 8.45. The molecule has 1 N–H and O–H groups in total. The van der Waals surface area contributed by atoms with E-state index in [1.165, 1.54) is 43.4 Å². The van der Waals surface area contributed by atoms with E-state index in [4.69, 9.17) is 0 Å². The number of carbonyl (C=O) groups excluding carboxylic acids is 2. The fourth-order valence-corrected chi connectivity index (χ4v) is 4.45. The predicted octanol–water partition coefficient (Wildman–Crippen LogP) is 3.43. The number of hydrogen-bond donors (Lipinski definition) is 1. The molecule has 0 bridgehead atoms. The van der Waals surface area contributed by atoms with Crippen molar-refractivity contribution < 1.29 is 18.0 Å². The molecule has 27 heavy (non-hydrogen) atoms. The van der Waals surface area contributed by atoms with Crippen LogP contribution in [0.2, 0.25) is 0 Å². The number of rotatable bonds is 7. The molecule has 2 aromatic rings. The zero-order chi connectivity index (χ0) is 19.2. The molecule has 2 aromatic heterocycles. The van der Waals surface area contributed by atoms with E-state index in [0.717, 1.165) is 24.8 Å². The standard InChI is InChI=1S/C18H21N3O4S2/c1-12(22)25-27(24)16-7-6-14(11-20-16)15(10-13-4-2-3-5-13)17(23)21-18-19-8-9-26-18/h6-9,11,13,15H,2-5,10H2,1H3,(H,19,21,23). The van der Waals surface area contributed by atoms with Gasteiger partial charge in [0.25, 0.3) is 11.1 Å². The summed E-state index contributed by atoms with van der Waals surface area (Å²) in [6.45, 7) is 1.19. The number of hydrogen-bond acceptors (Lipinski definition) is 7. The fourth-order valence-electron chi connectivity index (χ4n) is 3.30. The van der Waals surface area contributed by atoms with Gasteiger partial charge in [-0.2, -0.15) is 0 Å². The molecule has 144 valence electrons. The van der Waals surface area contributed by atoms with Crippen molar-refractivity contribution in [3.63, 3.8) is 0 Å². The largest absolute Gasteiger partial charge is 0.360 e. The number of thiazole rings is 1. The monoisotopic (exact) mass is 407 g/mol. The van der Waals surface area contributed by atoms with Crippen LogP contribution in [0.1, 0.15) is 50.5 Å². The Kier molecular flexibility index (Phi) is 6.68. The van der Waals surface area contributed by atoms with Gasteiger partial charge in [-0.15, -0.1) is 11.3 Å². The van der Waals surface area contributed by atoms with Gasteiger partial charge in [-0.1, -0.05) is 31.7 Å². The number of carbonyl (C=O) groups is 2. The van der Waals surface area contributed by atoms with Gasteiger partial charge in [0.05, 0.1) is 5.92 Å². The first-order chi connectivity index (χ1) is 13.0. The van der Waals surface area contributed by atoms with Gasteiger partial charge in [0.2, 0.25) is 5.91 Å². The maximum atomic E-state index is 12.9. The van der Waals surface area contributed by atoms with Crippen LogP contribution in [0.4, 0.5) is 5.13 Å². The Hall–Kier alpha value is -2.13. The molecule has 2 heterocycles. The van der Waals surface area contributed by atoms with E-state index in [-0.39, 0.29) is 16.9 Å². The summed E-state index contributed by atoms with van der Waals surface area (Å²) in [6, 6.07) is 3.26. The summed E-state index contributed by atoms with van der Waals surface area (Å²) in [7, 11) is 0. The summed E-state index contributed by atoms with van der Waals surface area (Å²) in [5, 5.41) is 5.39. The zero-order valence-corrected chi connectivity index (χ0v) is 16.6. The molecule has 0 aliphatic heterocycles. The third kappa shape index (κ3) is 5.43. The Morgan fingerprint density at radius 2 is 2.11 bits per heavy atom. The summed E-state index contributed by atoms with van der Waals surface area (Å²) < 4.78 is 16.5. The molecule has 1 aliphatic carbocycles. The molecule has 7 nitrogen and oxygen atoms in total. The predicted molar refractivity (Wildman–Crippen MR) is 102 cm³/mol. The molecular weight excluding hydrogens is 386 g/mol. The van der Waals surface area contributed by atoms with Crippen LogP contribution in [0, 0.1) is 5.92 Å². The Bertz CT molecular complexity index is 803. The number of aromatic nitrogens is 2. The second kappa shape index (κ2) is 9.18. The average molecular weight is 408 g/mol. The molecule has 1 aliphatic rings. The molecular formula is C18H21N3O4S2. The lowest BCUT2D eigenvalue weighted by Crippen LogP contribution is -2.23. The smallest absolute Gasteiger partial charge is 0.317 e. The first kappa shape index (κ1) is 19.6. The number of nitrogens with one attached hydrogen (secondary N) is 1. The Labute approximate surface area is 164 Å². The van der Waals surface area contributed by atoms with E-state index in [0.29, 0.717) is 11.0 Å².